The van der Waals surface area contributed by atoms with Gasteiger partial charge in [-0.2, -0.15) is 0 Å². The molecule has 0 radical (unpaired) electrons. The van der Waals surface area contributed by atoms with E-state index in [9.17, 15) is 9.59 Å². The molecule has 0 bridgehead atoms. The summed E-state index contributed by atoms with van der Waals surface area (Å²) in [7, 11) is 3.12. The molecular formula is C25H23ClN2O4. The highest BCUT2D eigenvalue weighted by atomic mass is 35.5. The van der Waals surface area contributed by atoms with Crippen LogP contribution in [0.2, 0.25) is 5.02 Å². The van der Waals surface area contributed by atoms with E-state index < -0.39 is 6.04 Å². The highest BCUT2D eigenvalue weighted by Gasteiger charge is 2.34. The van der Waals surface area contributed by atoms with Crippen LogP contribution in [-0.2, 0) is 11.3 Å². The van der Waals surface area contributed by atoms with Gasteiger partial charge in [0.15, 0.2) is 0 Å². The van der Waals surface area contributed by atoms with Gasteiger partial charge in [-0.25, -0.2) is 0 Å². The van der Waals surface area contributed by atoms with Crippen LogP contribution in [0.5, 0.6) is 11.5 Å². The van der Waals surface area contributed by atoms with Gasteiger partial charge in [0.1, 0.15) is 11.5 Å². The van der Waals surface area contributed by atoms with E-state index >= 15 is 0 Å². The molecule has 7 heteroatoms. The summed E-state index contributed by atoms with van der Waals surface area (Å²) >= 11 is 6.09. The van der Waals surface area contributed by atoms with Gasteiger partial charge in [-0.15, -0.1) is 0 Å². The maximum absolute atomic E-state index is 13.2. The maximum Gasteiger partial charge on any atom is 0.255 e. The summed E-state index contributed by atoms with van der Waals surface area (Å²) in [5.41, 5.74) is 2.95. The van der Waals surface area contributed by atoms with Gasteiger partial charge in [0.25, 0.3) is 5.91 Å². The number of fused-ring (bicyclic) bond motifs is 1. The van der Waals surface area contributed by atoms with Crippen LogP contribution in [0.15, 0.2) is 66.7 Å². The van der Waals surface area contributed by atoms with Crippen LogP contribution in [0.1, 0.15) is 33.9 Å². The first-order valence-electron chi connectivity index (χ1n) is 10.2. The lowest BCUT2D eigenvalue weighted by Crippen LogP contribution is -2.32. The van der Waals surface area contributed by atoms with Crippen molar-refractivity contribution in [3.05, 3.63) is 88.4 Å². The minimum absolute atomic E-state index is 0.0712. The summed E-state index contributed by atoms with van der Waals surface area (Å²) < 4.78 is 10.6. The summed E-state index contributed by atoms with van der Waals surface area (Å²) in [6.45, 7) is 0.444. The van der Waals surface area contributed by atoms with Crippen molar-refractivity contribution in [1.82, 2.24) is 4.90 Å². The third-order valence-corrected chi connectivity index (χ3v) is 5.78. The number of rotatable bonds is 7. The van der Waals surface area contributed by atoms with Crippen LogP contribution >= 0.6 is 11.6 Å². The first-order chi connectivity index (χ1) is 15.5. The van der Waals surface area contributed by atoms with Crippen molar-refractivity contribution in [3.63, 3.8) is 0 Å². The molecule has 3 aromatic rings. The van der Waals surface area contributed by atoms with E-state index in [1.165, 1.54) is 7.11 Å². The molecule has 1 unspecified atom stereocenters. The Morgan fingerprint density at radius 1 is 1.06 bits per heavy atom. The topological polar surface area (TPSA) is 67.9 Å². The Labute approximate surface area is 191 Å². The van der Waals surface area contributed by atoms with Crippen molar-refractivity contribution >= 4 is 29.1 Å². The monoisotopic (exact) mass is 450 g/mol. The Bertz CT molecular complexity index is 1150. The maximum atomic E-state index is 13.2. The molecule has 0 aromatic heterocycles. The fourth-order valence-corrected chi connectivity index (χ4v) is 4.09. The lowest BCUT2D eigenvalue weighted by molar-refractivity contribution is -0.117. The molecule has 1 aliphatic rings. The van der Waals surface area contributed by atoms with Crippen LogP contribution in [0.3, 0.4) is 0 Å². The lowest BCUT2D eigenvalue weighted by atomic mass is 10.0. The average molecular weight is 451 g/mol. The van der Waals surface area contributed by atoms with Gasteiger partial charge >= 0.3 is 0 Å². The highest BCUT2D eigenvalue weighted by molar-refractivity contribution is 6.31. The zero-order valence-electron chi connectivity index (χ0n) is 17.8. The van der Waals surface area contributed by atoms with Crippen molar-refractivity contribution in [2.24, 2.45) is 0 Å². The van der Waals surface area contributed by atoms with E-state index in [1.54, 1.807) is 30.2 Å². The largest absolute Gasteiger partial charge is 0.497 e. The molecule has 2 amide bonds. The Hall–Kier alpha value is -3.51. The van der Waals surface area contributed by atoms with Crippen molar-refractivity contribution in [3.8, 4) is 11.5 Å². The molecule has 0 spiro atoms. The molecule has 1 heterocycles. The Morgan fingerprint density at radius 3 is 2.50 bits per heavy atom. The van der Waals surface area contributed by atoms with Crippen molar-refractivity contribution in [1.29, 1.82) is 0 Å². The molecule has 1 aliphatic heterocycles. The van der Waals surface area contributed by atoms with Gasteiger partial charge < -0.3 is 19.7 Å². The first kappa shape index (κ1) is 21.7. The SMILES string of the molecule is COc1ccc(C(CC(=O)Nc2cc(Cl)ccc2OC)N2Cc3ccccc3C2=O)cc1. The molecular weight excluding hydrogens is 428 g/mol. The average Bonchev–Trinajstić information content (AvgIpc) is 3.14. The van der Waals surface area contributed by atoms with E-state index in [-0.39, 0.29) is 18.2 Å². The fraction of sp³-hybridized carbons (Fsp3) is 0.200. The quantitative estimate of drug-likeness (QED) is 0.544. The van der Waals surface area contributed by atoms with E-state index in [1.807, 2.05) is 48.5 Å². The summed E-state index contributed by atoms with van der Waals surface area (Å²) in [4.78, 5) is 28.0. The summed E-state index contributed by atoms with van der Waals surface area (Å²) in [6.07, 6.45) is 0.0712. The molecule has 1 N–H and O–H groups in total. The molecule has 0 aliphatic carbocycles. The normalized spacial score (nSPS) is 13.5. The molecule has 3 aromatic carbocycles. The molecule has 164 valence electrons. The third-order valence-electron chi connectivity index (χ3n) is 5.54. The molecule has 4 rings (SSSR count). The van der Waals surface area contributed by atoms with Gasteiger partial charge in [-0.1, -0.05) is 41.9 Å². The van der Waals surface area contributed by atoms with Crippen LogP contribution < -0.4 is 14.8 Å². The zero-order chi connectivity index (χ0) is 22.7. The summed E-state index contributed by atoms with van der Waals surface area (Å²) in [5.74, 6) is 0.870. The minimum Gasteiger partial charge on any atom is -0.497 e. The second-order valence-electron chi connectivity index (χ2n) is 7.48. The number of benzene rings is 3. The number of carbonyl (C=O) groups is 2. The van der Waals surface area contributed by atoms with Gasteiger partial charge in [-0.05, 0) is 47.5 Å². The van der Waals surface area contributed by atoms with Crippen LogP contribution in [0.25, 0.3) is 0 Å². The number of hydrogen-bond acceptors (Lipinski definition) is 4. The summed E-state index contributed by atoms with van der Waals surface area (Å²) in [6, 6.07) is 19.5. The van der Waals surface area contributed by atoms with Crippen LogP contribution in [0.4, 0.5) is 5.69 Å². The first-order valence-corrected chi connectivity index (χ1v) is 10.5. The van der Waals surface area contributed by atoms with E-state index in [2.05, 4.69) is 5.32 Å². The van der Waals surface area contributed by atoms with E-state index in [0.717, 1.165) is 11.1 Å². The third kappa shape index (κ3) is 4.41. The second kappa shape index (κ2) is 9.32. The molecule has 0 fully saturated rings. The second-order valence-corrected chi connectivity index (χ2v) is 7.91. The highest BCUT2D eigenvalue weighted by Crippen LogP contribution is 2.35. The predicted octanol–water partition coefficient (Wildman–Crippen LogP) is 5.08. The van der Waals surface area contributed by atoms with Crippen molar-refractivity contribution in [2.75, 3.05) is 19.5 Å². The fourth-order valence-electron chi connectivity index (χ4n) is 3.92. The minimum atomic E-state index is -0.453. The van der Waals surface area contributed by atoms with Gasteiger partial charge in [0, 0.05) is 17.1 Å². The van der Waals surface area contributed by atoms with Crippen LogP contribution in [0, 0.1) is 0 Å². The van der Waals surface area contributed by atoms with E-state index in [0.29, 0.717) is 34.3 Å². The Kier molecular flexibility index (Phi) is 6.32. The van der Waals surface area contributed by atoms with Crippen molar-refractivity contribution in [2.45, 2.75) is 19.0 Å². The molecule has 6 nitrogen and oxygen atoms in total. The van der Waals surface area contributed by atoms with Gasteiger partial charge in [0.05, 0.1) is 32.4 Å². The standard InChI is InChI=1S/C25H23ClN2O4/c1-31-19-10-7-16(8-11-19)22(28-15-17-5-3-4-6-20(17)25(28)30)14-24(29)27-21-13-18(26)9-12-23(21)32-2/h3-13,22H,14-15H2,1-2H3,(H,27,29). The Balaban J connectivity index is 1.62. The smallest absolute Gasteiger partial charge is 0.255 e. The molecule has 0 saturated carbocycles. The summed E-state index contributed by atoms with van der Waals surface area (Å²) in [5, 5.41) is 3.36. The molecule has 1 atom stereocenters. The molecule has 0 saturated heterocycles. The number of ether oxygens (including phenoxy) is 2. The molecule has 32 heavy (non-hydrogen) atoms. The number of carbonyl (C=O) groups excluding carboxylic acids is 2. The Morgan fingerprint density at radius 2 is 1.81 bits per heavy atom. The number of hydrogen-bond donors (Lipinski definition) is 1. The van der Waals surface area contributed by atoms with Crippen LogP contribution in [-0.4, -0.2) is 30.9 Å². The number of halogens is 1. The van der Waals surface area contributed by atoms with Crippen molar-refractivity contribution < 1.29 is 19.1 Å². The number of methoxy groups -OCH3 is 2. The van der Waals surface area contributed by atoms with Gasteiger partial charge in [0.2, 0.25) is 5.91 Å². The number of nitrogens with one attached hydrogen (secondary N) is 1. The van der Waals surface area contributed by atoms with Gasteiger partial charge in [-0.3, -0.25) is 9.59 Å². The number of amides is 2. The predicted molar refractivity (Wildman–Crippen MR) is 123 cm³/mol. The number of anilines is 1. The zero-order valence-corrected chi connectivity index (χ0v) is 18.6. The lowest BCUT2D eigenvalue weighted by Gasteiger charge is -2.28. The van der Waals surface area contributed by atoms with E-state index in [4.69, 9.17) is 21.1 Å². The number of nitrogens with zero attached hydrogens (tertiary/aromatic N) is 1.